The Morgan fingerprint density at radius 3 is 2.57 bits per heavy atom. The van der Waals surface area contributed by atoms with Crippen LogP contribution >= 0.6 is 0 Å². The molecule has 2 aromatic carbocycles. The van der Waals surface area contributed by atoms with Crippen molar-refractivity contribution in [2.24, 2.45) is 5.73 Å². The Bertz CT molecular complexity index is 729. The Balaban J connectivity index is 1.91. The van der Waals surface area contributed by atoms with Crippen molar-refractivity contribution in [3.05, 3.63) is 72.1 Å². The van der Waals surface area contributed by atoms with Gasteiger partial charge in [-0.1, -0.05) is 36.4 Å². The van der Waals surface area contributed by atoms with Gasteiger partial charge < -0.3 is 5.73 Å². The molecule has 21 heavy (non-hydrogen) atoms. The molecular formula is C18H19N3. The van der Waals surface area contributed by atoms with Crippen LogP contribution in [0.3, 0.4) is 0 Å². The first kappa shape index (κ1) is 13.6. The molecule has 0 aliphatic rings. The van der Waals surface area contributed by atoms with Gasteiger partial charge in [-0.05, 0) is 48.7 Å². The lowest BCUT2D eigenvalue weighted by Gasteiger charge is -2.07. The molecule has 3 nitrogen and oxygen atoms in total. The third-order valence-corrected chi connectivity index (χ3v) is 3.69. The van der Waals surface area contributed by atoms with Gasteiger partial charge in [0.05, 0.1) is 11.9 Å². The molecule has 0 radical (unpaired) electrons. The summed E-state index contributed by atoms with van der Waals surface area (Å²) in [6.07, 6.45) is 4.88. The molecule has 0 atom stereocenters. The van der Waals surface area contributed by atoms with E-state index >= 15 is 0 Å². The van der Waals surface area contributed by atoms with Gasteiger partial charge in [-0.15, -0.1) is 0 Å². The molecule has 1 aromatic heterocycles. The molecule has 3 rings (SSSR count). The van der Waals surface area contributed by atoms with Crippen LogP contribution in [-0.4, -0.2) is 16.3 Å². The van der Waals surface area contributed by atoms with E-state index in [2.05, 4.69) is 48.6 Å². The highest BCUT2D eigenvalue weighted by molar-refractivity contribution is 5.62. The Morgan fingerprint density at radius 2 is 1.86 bits per heavy atom. The average Bonchev–Trinajstić information content (AvgIpc) is 3.00. The van der Waals surface area contributed by atoms with Crippen molar-refractivity contribution < 1.29 is 0 Å². The van der Waals surface area contributed by atoms with Gasteiger partial charge in [-0.3, -0.25) is 0 Å². The lowest BCUT2D eigenvalue weighted by Crippen LogP contribution is -2.05. The summed E-state index contributed by atoms with van der Waals surface area (Å²) in [4.78, 5) is 0. The molecule has 0 saturated heterocycles. The van der Waals surface area contributed by atoms with E-state index in [-0.39, 0.29) is 0 Å². The quantitative estimate of drug-likeness (QED) is 0.794. The fourth-order valence-electron chi connectivity index (χ4n) is 2.50. The van der Waals surface area contributed by atoms with Gasteiger partial charge in [-0.25, -0.2) is 4.68 Å². The third kappa shape index (κ3) is 2.88. The Labute approximate surface area is 125 Å². The molecule has 0 fully saturated rings. The van der Waals surface area contributed by atoms with Crippen LogP contribution in [0, 0.1) is 6.92 Å². The number of aromatic nitrogens is 2. The van der Waals surface area contributed by atoms with E-state index < -0.39 is 0 Å². The number of rotatable bonds is 4. The van der Waals surface area contributed by atoms with Crippen LogP contribution in [0.2, 0.25) is 0 Å². The van der Waals surface area contributed by atoms with Gasteiger partial charge in [0.15, 0.2) is 0 Å². The molecule has 0 unspecified atom stereocenters. The van der Waals surface area contributed by atoms with Gasteiger partial charge in [0, 0.05) is 11.8 Å². The second kappa shape index (κ2) is 5.94. The highest BCUT2D eigenvalue weighted by Crippen LogP contribution is 2.21. The summed E-state index contributed by atoms with van der Waals surface area (Å²) < 4.78 is 1.92. The number of aryl methyl sites for hydroxylation is 1. The topological polar surface area (TPSA) is 43.8 Å². The lowest BCUT2D eigenvalue weighted by atomic mass is 10.1. The minimum absolute atomic E-state index is 0.681. The van der Waals surface area contributed by atoms with Crippen molar-refractivity contribution in [1.29, 1.82) is 0 Å². The Hall–Kier alpha value is -2.39. The molecule has 0 bridgehead atoms. The highest BCUT2D eigenvalue weighted by Gasteiger charge is 2.05. The number of hydrogen-bond acceptors (Lipinski definition) is 2. The van der Waals surface area contributed by atoms with Crippen LogP contribution in [0.4, 0.5) is 0 Å². The normalized spacial score (nSPS) is 10.8. The molecule has 0 saturated carbocycles. The standard InChI is InChI=1S/C18H19N3/c1-14-11-18(8-7-15(14)9-10-19)21-13-17(12-20-21)16-5-3-2-4-6-16/h2-8,11-13H,9-10,19H2,1H3. The maximum absolute atomic E-state index is 5.63. The van der Waals surface area contributed by atoms with Gasteiger partial charge in [0.25, 0.3) is 0 Å². The van der Waals surface area contributed by atoms with E-state index in [1.54, 1.807) is 0 Å². The van der Waals surface area contributed by atoms with E-state index in [1.807, 2.05) is 29.1 Å². The second-order valence-corrected chi connectivity index (χ2v) is 5.19. The van der Waals surface area contributed by atoms with Crippen molar-refractivity contribution in [1.82, 2.24) is 9.78 Å². The van der Waals surface area contributed by atoms with E-state index in [1.165, 1.54) is 16.7 Å². The molecule has 106 valence electrons. The largest absolute Gasteiger partial charge is 0.330 e. The number of benzene rings is 2. The second-order valence-electron chi connectivity index (χ2n) is 5.19. The summed E-state index contributed by atoms with van der Waals surface area (Å²) in [5.41, 5.74) is 11.6. The average molecular weight is 277 g/mol. The predicted octanol–water partition coefficient (Wildman–Crippen LogP) is 3.35. The zero-order valence-corrected chi connectivity index (χ0v) is 12.2. The fraction of sp³-hybridized carbons (Fsp3) is 0.167. The van der Waals surface area contributed by atoms with E-state index in [0.717, 1.165) is 17.7 Å². The Morgan fingerprint density at radius 1 is 1.05 bits per heavy atom. The molecule has 1 heterocycles. The van der Waals surface area contributed by atoms with Crippen LogP contribution < -0.4 is 5.73 Å². The zero-order valence-electron chi connectivity index (χ0n) is 12.2. The summed E-state index contributed by atoms with van der Waals surface area (Å²) in [5, 5.41) is 4.47. The van der Waals surface area contributed by atoms with E-state index in [0.29, 0.717) is 6.54 Å². The summed E-state index contributed by atoms with van der Waals surface area (Å²) in [6, 6.07) is 16.7. The van der Waals surface area contributed by atoms with Gasteiger partial charge in [-0.2, -0.15) is 5.10 Å². The Kier molecular flexibility index (Phi) is 3.84. The van der Waals surface area contributed by atoms with Gasteiger partial charge in [0.1, 0.15) is 0 Å². The summed E-state index contributed by atoms with van der Waals surface area (Å²) in [6.45, 7) is 2.80. The SMILES string of the molecule is Cc1cc(-n2cc(-c3ccccc3)cn2)ccc1CCN. The number of nitrogens with zero attached hydrogens (tertiary/aromatic N) is 2. The van der Waals surface area contributed by atoms with E-state index in [4.69, 9.17) is 5.73 Å². The van der Waals surface area contributed by atoms with Crippen molar-refractivity contribution in [2.45, 2.75) is 13.3 Å². The summed E-state index contributed by atoms with van der Waals surface area (Å²) in [7, 11) is 0. The summed E-state index contributed by atoms with van der Waals surface area (Å²) >= 11 is 0. The molecule has 0 aliphatic carbocycles. The monoisotopic (exact) mass is 277 g/mol. The minimum atomic E-state index is 0.681. The number of nitrogens with two attached hydrogens (primary N) is 1. The zero-order chi connectivity index (χ0) is 14.7. The van der Waals surface area contributed by atoms with Crippen molar-refractivity contribution in [3.63, 3.8) is 0 Å². The lowest BCUT2D eigenvalue weighted by molar-refractivity contribution is 0.874. The van der Waals surface area contributed by atoms with Crippen molar-refractivity contribution in [2.75, 3.05) is 6.54 Å². The molecule has 0 aliphatic heterocycles. The molecule has 3 aromatic rings. The summed E-state index contributed by atoms with van der Waals surface area (Å²) in [5.74, 6) is 0. The van der Waals surface area contributed by atoms with Crippen LogP contribution in [0.25, 0.3) is 16.8 Å². The third-order valence-electron chi connectivity index (χ3n) is 3.69. The maximum Gasteiger partial charge on any atom is 0.0648 e. The first-order valence-electron chi connectivity index (χ1n) is 7.18. The minimum Gasteiger partial charge on any atom is -0.330 e. The van der Waals surface area contributed by atoms with Crippen LogP contribution in [-0.2, 0) is 6.42 Å². The predicted molar refractivity (Wildman–Crippen MR) is 86.5 cm³/mol. The molecule has 2 N–H and O–H groups in total. The van der Waals surface area contributed by atoms with Gasteiger partial charge in [0.2, 0.25) is 0 Å². The number of hydrogen-bond donors (Lipinski definition) is 1. The molecule has 0 spiro atoms. The van der Waals surface area contributed by atoms with Crippen molar-refractivity contribution >= 4 is 0 Å². The van der Waals surface area contributed by atoms with E-state index in [9.17, 15) is 0 Å². The first-order valence-corrected chi connectivity index (χ1v) is 7.18. The van der Waals surface area contributed by atoms with Gasteiger partial charge >= 0.3 is 0 Å². The van der Waals surface area contributed by atoms with Crippen LogP contribution in [0.1, 0.15) is 11.1 Å². The molecule has 0 amide bonds. The fourth-order valence-corrected chi connectivity index (χ4v) is 2.50. The molecule has 3 heteroatoms. The van der Waals surface area contributed by atoms with Crippen LogP contribution in [0.5, 0.6) is 0 Å². The maximum atomic E-state index is 5.63. The smallest absolute Gasteiger partial charge is 0.0648 e. The van der Waals surface area contributed by atoms with Crippen LogP contribution in [0.15, 0.2) is 60.9 Å². The highest BCUT2D eigenvalue weighted by atomic mass is 15.3. The van der Waals surface area contributed by atoms with Crippen molar-refractivity contribution in [3.8, 4) is 16.8 Å². The molecular weight excluding hydrogens is 258 g/mol. The first-order chi connectivity index (χ1) is 10.3.